The predicted octanol–water partition coefficient (Wildman–Crippen LogP) is 2.05. The quantitative estimate of drug-likeness (QED) is 0.557. The number of nitro benzene ring substituents is 1. The van der Waals surface area contributed by atoms with Crippen LogP contribution in [0.25, 0.3) is 11.0 Å². The lowest BCUT2D eigenvalue weighted by molar-refractivity contribution is -0.384. The van der Waals surface area contributed by atoms with E-state index < -0.39 is 4.92 Å². The second-order valence-corrected chi connectivity index (χ2v) is 3.01. The zero-order valence-electron chi connectivity index (χ0n) is 8.18. The fourth-order valence-corrected chi connectivity index (χ4v) is 1.49. The number of fused-ring (bicyclic) bond motifs is 1. The summed E-state index contributed by atoms with van der Waals surface area (Å²) in [5, 5.41) is 15.0. The third kappa shape index (κ3) is 1.30. The summed E-state index contributed by atoms with van der Waals surface area (Å²) in [4.78, 5) is 10.4. The van der Waals surface area contributed by atoms with Gasteiger partial charge in [0.2, 0.25) is 0 Å². The Balaban J connectivity index is 2.89. The Labute approximate surface area is 84.6 Å². The molecule has 0 fully saturated rings. The molecule has 6 nitrogen and oxygen atoms in total. The monoisotopic (exact) mass is 208 g/mol. The molecule has 0 bridgehead atoms. The van der Waals surface area contributed by atoms with E-state index in [1.807, 2.05) is 0 Å². The predicted molar refractivity (Wildman–Crippen MR) is 52.0 cm³/mol. The molecule has 0 aliphatic heterocycles. The maximum absolute atomic E-state index is 10.9. The molecule has 0 aliphatic carbocycles. The third-order valence-corrected chi connectivity index (χ3v) is 2.15. The molecule has 1 aromatic carbocycles. The SMILES string of the molecule is COc1ccc2onc(C)c2c1[N+](=O)[O-]. The van der Waals surface area contributed by atoms with Crippen molar-refractivity contribution in [1.82, 2.24) is 5.16 Å². The first-order valence-corrected chi connectivity index (χ1v) is 4.22. The average Bonchev–Trinajstić information content (AvgIpc) is 2.59. The van der Waals surface area contributed by atoms with Crippen molar-refractivity contribution >= 4 is 16.7 Å². The summed E-state index contributed by atoms with van der Waals surface area (Å²) >= 11 is 0. The Bertz CT molecular complexity index is 532. The zero-order valence-corrected chi connectivity index (χ0v) is 8.18. The van der Waals surface area contributed by atoms with E-state index in [0.29, 0.717) is 16.7 Å². The number of rotatable bonds is 2. The smallest absolute Gasteiger partial charge is 0.323 e. The zero-order chi connectivity index (χ0) is 11.0. The molecule has 0 unspecified atom stereocenters. The lowest BCUT2D eigenvalue weighted by atomic mass is 10.1. The van der Waals surface area contributed by atoms with E-state index in [9.17, 15) is 10.1 Å². The Morgan fingerprint density at radius 2 is 2.27 bits per heavy atom. The summed E-state index contributed by atoms with van der Waals surface area (Å²) < 4.78 is 9.86. The molecular formula is C9H8N2O4. The Morgan fingerprint density at radius 1 is 1.53 bits per heavy atom. The molecule has 6 heteroatoms. The van der Waals surface area contributed by atoms with Gasteiger partial charge in [0.25, 0.3) is 0 Å². The van der Waals surface area contributed by atoms with Crippen molar-refractivity contribution in [3.8, 4) is 5.75 Å². The van der Waals surface area contributed by atoms with Crippen LogP contribution in [0, 0.1) is 17.0 Å². The minimum atomic E-state index is -0.495. The van der Waals surface area contributed by atoms with Gasteiger partial charge in [-0.25, -0.2) is 0 Å². The van der Waals surface area contributed by atoms with Crippen LogP contribution in [-0.2, 0) is 0 Å². The molecular weight excluding hydrogens is 200 g/mol. The Hall–Kier alpha value is -2.11. The van der Waals surface area contributed by atoms with Gasteiger partial charge in [-0.2, -0.15) is 0 Å². The van der Waals surface area contributed by atoms with Gasteiger partial charge in [0, 0.05) is 0 Å². The molecule has 2 aromatic rings. The van der Waals surface area contributed by atoms with E-state index >= 15 is 0 Å². The first kappa shape index (κ1) is 9.45. The summed E-state index contributed by atoms with van der Waals surface area (Å²) in [7, 11) is 1.39. The highest BCUT2D eigenvalue weighted by Gasteiger charge is 2.23. The molecule has 0 N–H and O–H groups in total. The normalized spacial score (nSPS) is 10.5. The van der Waals surface area contributed by atoms with E-state index in [4.69, 9.17) is 9.26 Å². The van der Waals surface area contributed by atoms with E-state index in [0.717, 1.165) is 0 Å². The Kier molecular flexibility index (Phi) is 2.03. The van der Waals surface area contributed by atoms with Crippen molar-refractivity contribution in [3.63, 3.8) is 0 Å². The highest BCUT2D eigenvalue weighted by molar-refractivity contribution is 5.91. The molecule has 0 amide bonds. The summed E-state index contributed by atoms with van der Waals surface area (Å²) in [6.45, 7) is 1.65. The van der Waals surface area contributed by atoms with Crippen LogP contribution >= 0.6 is 0 Å². The van der Waals surface area contributed by atoms with Crippen LogP contribution in [-0.4, -0.2) is 17.2 Å². The van der Waals surface area contributed by atoms with Crippen molar-refractivity contribution in [2.75, 3.05) is 7.11 Å². The van der Waals surface area contributed by atoms with E-state index in [1.54, 1.807) is 13.0 Å². The topological polar surface area (TPSA) is 78.4 Å². The second-order valence-electron chi connectivity index (χ2n) is 3.01. The molecule has 2 rings (SSSR count). The average molecular weight is 208 g/mol. The van der Waals surface area contributed by atoms with Gasteiger partial charge < -0.3 is 9.26 Å². The number of hydrogen-bond donors (Lipinski definition) is 0. The fraction of sp³-hybridized carbons (Fsp3) is 0.222. The van der Waals surface area contributed by atoms with Gasteiger partial charge in [-0.3, -0.25) is 10.1 Å². The van der Waals surface area contributed by atoms with E-state index in [2.05, 4.69) is 5.16 Å². The molecule has 0 aliphatic rings. The van der Waals surface area contributed by atoms with Crippen molar-refractivity contribution in [3.05, 3.63) is 27.9 Å². The summed E-state index contributed by atoms with van der Waals surface area (Å²) in [6.07, 6.45) is 0. The Morgan fingerprint density at radius 3 is 2.87 bits per heavy atom. The minimum absolute atomic E-state index is 0.103. The number of aryl methyl sites for hydroxylation is 1. The first-order chi connectivity index (χ1) is 7.15. The van der Waals surface area contributed by atoms with Crippen molar-refractivity contribution in [2.45, 2.75) is 6.92 Å². The van der Waals surface area contributed by atoms with Gasteiger partial charge in [0.1, 0.15) is 5.39 Å². The molecule has 15 heavy (non-hydrogen) atoms. The van der Waals surface area contributed by atoms with Gasteiger partial charge in [-0.15, -0.1) is 0 Å². The van der Waals surface area contributed by atoms with E-state index in [1.165, 1.54) is 13.2 Å². The molecule has 0 saturated carbocycles. The minimum Gasteiger partial charge on any atom is -0.490 e. The molecule has 0 radical (unpaired) electrons. The van der Waals surface area contributed by atoms with Gasteiger partial charge >= 0.3 is 5.69 Å². The number of nitrogens with zero attached hydrogens (tertiary/aromatic N) is 2. The summed E-state index contributed by atoms with van der Waals surface area (Å²) in [5.41, 5.74) is 0.768. The molecule has 1 heterocycles. The van der Waals surface area contributed by atoms with Gasteiger partial charge in [0.15, 0.2) is 11.3 Å². The van der Waals surface area contributed by atoms with E-state index in [-0.39, 0.29) is 11.4 Å². The van der Waals surface area contributed by atoms with Crippen molar-refractivity contribution in [2.24, 2.45) is 0 Å². The van der Waals surface area contributed by atoms with Gasteiger partial charge in [-0.1, -0.05) is 5.16 Å². The summed E-state index contributed by atoms with van der Waals surface area (Å²) in [6, 6.07) is 3.09. The van der Waals surface area contributed by atoms with Crippen LogP contribution in [0.1, 0.15) is 5.69 Å². The lowest BCUT2D eigenvalue weighted by Gasteiger charge is -2.00. The fourth-order valence-electron chi connectivity index (χ4n) is 1.49. The largest absolute Gasteiger partial charge is 0.490 e. The maximum atomic E-state index is 10.9. The van der Waals surface area contributed by atoms with Crippen LogP contribution in [0.3, 0.4) is 0 Å². The molecule has 78 valence electrons. The molecule has 1 aromatic heterocycles. The number of benzene rings is 1. The summed E-state index contributed by atoms with van der Waals surface area (Å²) in [5.74, 6) is 0.207. The third-order valence-electron chi connectivity index (χ3n) is 2.15. The standard InChI is InChI=1S/C9H8N2O4/c1-5-8-6(15-10-5)3-4-7(14-2)9(8)11(12)13/h3-4H,1-2H3. The number of hydrogen-bond acceptors (Lipinski definition) is 5. The van der Waals surface area contributed by atoms with Crippen LogP contribution in [0.5, 0.6) is 5.75 Å². The van der Waals surface area contributed by atoms with Crippen molar-refractivity contribution in [1.29, 1.82) is 0 Å². The van der Waals surface area contributed by atoms with Crippen LogP contribution in [0.15, 0.2) is 16.7 Å². The van der Waals surface area contributed by atoms with Gasteiger partial charge in [0.05, 0.1) is 17.7 Å². The highest BCUT2D eigenvalue weighted by atomic mass is 16.6. The number of aromatic nitrogens is 1. The van der Waals surface area contributed by atoms with Gasteiger partial charge in [-0.05, 0) is 19.1 Å². The number of ether oxygens (including phenoxy) is 1. The molecule has 0 atom stereocenters. The highest BCUT2D eigenvalue weighted by Crippen LogP contribution is 2.36. The van der Waals surface area contributed by atoms with Crippen LogP contribution < -0.4 is 4.74 Å². The van der Waals surface area contributed by atoms with Crippen molar-refractivity contribution < 1.29 is 14.2 Å². The first-order valence-electron chi connectivity index (χ1n) is 4.22. The maximum Gasteiger partial charge on any atom is 0.323 e. The van der Waals surface area contributed by atoms with Crippen LogP contribution in [0.2, 0.25) is 0 Å². The lowest BCUT2D eigenvalue weighted by Crippen LogP contribution is -1.94. The molecule has 0 spiro atoms. The van der Waals surface area contributed by atoms with Crippen LogP contribution in [0.4, 0.5) is 5.69 Å². The second kappa shape index (κ2) is 3.23. The molecule has 0 saturated heterocycles. The number of methoxy groups -OCH3 is 1. The number of nitro groups is 1.